The van der Waals surface area contributed by atoms with Crippen LogP contribution in [0.4, 0.5) is 0 Å². The number of hydrogen-bond donors (Lipinski definition) is 0. The Morgan fingerprint density at radius 2 is 2.16 bits per heavy atom. The minimum atomic E-state index is -0.877. The molecule has 1 aliphatic rings. The van der Waals surface area contributed by atoms with Gasteiger partial charge in [-0.15, -0.1) is 0 Å². The summed E-state index contributed by atoms with van der Waals surface area (Å²) in [5, 5.41) is 0. The lowest BCUT2D eigenvalue weighted by atomic mass is 10.1. The van der Waals surface area contributed by atoms with Crippen molar-refractivity contribution in [2.75, 3.05) is 13.2 Å². The van der Waals surface area contributed by atoms with Gasteiger partial charge in [0.1, 0.15) is 0 Å². The van der Waals surface area contributed by atoms with Crippen LogP contribution in [0.15, 0.2) is 0 Å². The maximum atomic E-state index is 11.5. The molecular formula is C13H20O6. The van der Waals surface area contributed by atoms with Gasteiger partial charge in [0, 0.05) is 0 Å². The van der Waals surface area contributed by atoms with Gasteiger partial charge in [-0.2, -0.15) is 0 Å². The van der Waals surface area contributed by atoms with Gasteiger partial charge in [-0.05, 0) is 25.7 Å². The Bertz CT molecular complexity index is 338. The molecule has 0 aromatic carbocycles. The van der Waals surface area contributed by atoms with Crippen LogP contribution >= 0.6 is 0 Å². The number of carbonyl (C=O) groups is 3. The van der Waals surface area contributed by atoms with Gasteiger partial charge in [0.15, 0.2) is 12.7 Å². The molecule has 2 atom stereocenters. The SMILES string of the molecule is CCC(C)C(=O)OCC(=O)OC1CCCCOC1=O. The Hall–Kier alpha value is -1.59. The van der Waals surface area contributed by atoms with E-state index < -0.39 is 30.6 Å². The zero-order chi connectivity index (χ0) is 14.3. The fourth-order valence-electron chi connectivity index (χ4n) is 1.55. The standard InChI is InChI=1S/C13H20O6/c1-3-9(2)12(15)18-8-11(14)19-10-6-4-5-7-17-13(10)16/h9-10H,3-8H2,1-2H3. The Labute approximate surface area is 112 Å². The van der Waals surface area contributed by atoms with E-state index in [4.69, 9.17) is 14.2 Å². The van der Waals surface area contributed by atoms with Crippen LogP contribution < -0.4 is 0 Å². The van der Waals surface area contributed by atoms with Gasteiger partial charge in [-0.3, -0.25) is 4.79 Å². The number of hydrogen-bond acceptors (Lipinski definition) is 6. The number of esters is 3. The molecule has 1 fully saturated rings. The van der Waals surface area contributed by atoms with Crippen molar-refractivity contribution in [3.63, 3.8) is 0 Å². The molecule has 1 heterocycles. The Balaban J connectivity index is 2.34. The van der Waals surface area contributed by atoms with Crippen LogP contribution in [0.25, 0.3) is 0 Å². The van der Waals surface area contributed by atoms with Gasteiger partial charge in [0.05, 0.1) is 12.5 Å². The Morgan fingerprint density at radius 3 is 2.84 bits per heavy atom. The van der Waals surface area contributed by atoms with E-state index in [1.807, 2.05) is 6.92 Å². The maximum absolute atomic E-state index is 11.5. The monoisotopic (exact) mass is 272 g/mol. The van der Waals surface area contributed by atoms with Crippen molar-refractivity contribution in [2.45, 2.75) is 45.6 Å². The molecule has 0 spiro atoms. The van der Waals surface area contributed by atoms with Crippen molar-refractivity contribution < 1.29 is 28.6 Å². The quantitative estimate of drug-likeness (QED) is 0.553. The van der Waals surface area contributed by atoms with Crippen LogP contribution in [0.5, 0.6) is 0 Å². The summed E-state index contributed by atoms with van der Waals surface area (Å²) in [6.45, 7) is 3.46. The zero-order valence-electron chi connectivity index (χ0n) is 11.3. The van der Waals surface area contributed by atoms with Gasteiger partial charge in [-0.25, -0.2) is 9.59 Å². The van der Waals surface area contributed by atoms with Gasteiger partial charge in [-0.1, -0.05) is 13.8 Å². The summed E-state index contributed by atoms with van der Waals surface area (Å²) in [6, 6.07) is 0. The molecule has 19 heavy (non-hydrogen) atoms. The average molecular weight is 272 g/mol. The molecule has 1 rings (SSSR count). The predicted molar refractivity (Wildman–Crippen MR) is 65.1 cm³/mol. The summed E-state index contributed by atoms with van der Waals surface area (Å²) >= 11 is 0. The van der Waals surface area contributed by atoms with E-state index in [-0.39, 0.29) is 5.92 Å². The fourth-order valence-corrected chi connectivity index (χ4v) is 1.55. The Kier molecular flexibility index (Phi) is 6.32. The lowest BCUT2D eigenvalue weighted by Crippen LogP contribution is -2.30. The van der Waals surface area contributed by atoms with Crippen molar-refractivity contribution in [3.8, 4) is 0 Å². The van der Waals surface area contributed by atoms with Crippen LogP contribution in [0.2, 0.25) is 0 Å². The van der Waals surface area contributed by atoms with Crippen LogP contribution in [-0.2, 0) is 28.6 Å². The van der Waals surface area contributed by atoms with Crippen molar-refractivity contribution in [2.24, 2.45) is 5.92 Å². The molecular weight excluding hydrogens is 252 g/mol. The van der Waals surface area contributed by atoms with Crippen LogP contribution in [-0.4, -0.2) is 37.2 Å². The molecule has 6 nitrogen and oxygen atoms in total. The summed E-state index contributed by atoms with van der Waals surface area (Å²) in [7, 11) is 0. The number of rotatable bonds is 5. The first kappa shape index (κ1) is 15.5. The first-order valence-electron chi connectivity index (χ1n) is 6.57. The van der Waals surface area contributed by atoms with E-state index in [1.54, 1.807) is 6.92 Å². The molecule has 108 valence electrons. The molecule has 2 unspecified atom stereocenters. The maximum Gasteiger partial charge on any atom is 0.347 e. The van der Waals surface area contributed by atoms with Crippen molar-refractivity contribution >= 4 is 17.9 Å². The second-order valence-electron chi connectivity index (χ2n) is 4.56. The molecule has 0 aromatic heterocycles. The van der Waals surface area contributed by atoms with Crippen LogP contribution in [0, 0.1) is 5.92 Å². The smallest absolute Gasteiger partial charge is 0.347 e. The molecule has 0 aliphatic carbocycles. The molecule has 0 aromatic rings. The summed E-state index contributed by atoms with van der Waals surface area (Å²) < 4.78 is 14.6. The molecule has 0 saturated carbocycles. The third-order valence-electron chi connectivity index (χ3n) is 2.99. The van der Waals surface area contributed by atoms with E-state index in [1.165, 1.54) is 0 Å². The minimum absolute atomic E-state index is 0.254. The van der Waals surface area contributed by atoms with E-state index in [0.29, 0.717) is 19.4 Å². The number of cyclic esters (lactones) is 1. The lowest BCUT2D eigenvalue weighted by Gasteiger charge is -2.14. The average Bonchev–Trinajstić information content (AvgIpc) is 2.60. The highest BCUT2D eigenvalue weighted by atomic mass is 16.6. The van der Waals surface area contributed by atoms with Crippen molar-refractivity contribution in [3.05, 3.63) is 0 Å². The van der Waals surface area contributed by atoms with E-state index in [9.17, 15) is 14.4 Å². The topological polar surface area (TPSA) is 78.9 Å². The molecule has 0 radical (unpaired) electrons. The third kappa shape index (κ3) is 5.28. The second kappa shape index (κ2) is 7.76. The van der Waals surface area contributed by atoms with Crippen molar-refractivity contribution in [1.82, 2.24) is 0 Å². The molecule has 1 aliphatic heterocycles. The van der Waals surface area contributed by atoms with E-state index in [2.05, 4.69) is 0 Å². The highest BCUT2D eigenvalue weighted by Crippen LogP contribution is 2.12. The number of carbonyl (C=O) groups excluding carboxylic acids is 3. The largest absolute Gasteiger partial charge is 0.463 e. The predicted octanol–water partition coefficient (Wildman–Crippen LogP) is 1.21. The van der Waals surface area contributed by atoms with Crippen LogP contribution in [0.3, 0.4) is 0 Å². The van der Waals surface area contributed by atoms with E-state index >= 15 is 0 Å². The normalized spacial score (nSPS) is 20.9. The van der Waals surface area contributed by atoms with Gasteiger partial charge < -0.3 is 14.2 Å². The molecule has 1 saturated heterocycles. The fraction of sp³-hybridized carbons (Fsp3) is 0.769. The summed E-state index contributed by atoms with van der Waals surface area (Å²) in [5.41, 5.74) is 0. The third-order valence-corrected chi connectivity index (χ3v) is 2.99. The van der Waals surface area contributed by atoms with Gasteiger partial charge >= 0.3 is 17.9 Å². The van der Waals surface area contributed by atoms with Gasteiger partial charge in [0.25, 0.3) is 0 Å². The zero-order valence-corrected chi connectivity index (χ0v) is 11.3. The first-order chi connectivity index (χ1) is 9.04. The molecule has 0 bridgehead atoms. The van der Waals surface area contributed by atoms with Crippen LogP contribution in [0.1, 0.15) is 39.5 Å². The number of ether oxygens (including phenoxy) is 3. The van der Waals surface area contributed by atoms with Gasteiger partial charge in [0.2, 0.25) is 0 Å². The lowest BCUT2D eigenvalue weighted by molar-refractivity contribution is -0.172. The van der Waals surface area contributed by atoms with E-state index in [0.717, 1.165) is 12.8 Å². The highest BCUT2D eigenvalue weighted by molar-refractivity contribution is 5.81. The summed E-state index contributed by atoms with van der Waals surface area (Å²) in [4.78, 5) is 34.3. The molecule has 0 amide bonds. The second-order valence-corrected chi connectivity index (χ2v) is 4.56. The van der Waals surface area contributed by atoms with Crippen molar-refractivity contribution in [1.29, 1.82) is 0 Å². The summed E-state index contributed by atoms with van der Waals surface area (Å²) in [5.74, 6) is -1.95. The molecule has 0 N–H and O–H groups in total. The first-order valence-corrected chi connectivity index (χ1v) is 6.57. The highest BCUT2D eigenvalue weighted by Gasteiger charge is 2.27. The minimum Gasteiger partial charge on any atom is -0.463 e. The summed E-state index contributed by atoms with van der Waals surface area (Å²) in [6.07, 6.45) is 1.74. The Morgan fingerprint density at radius 1 is 1.42 bits per heavy atom. The molecule has 6 heteroatoms.